The van der Waals surface area contributed by atoms with Gasteiger partial charge in [-0.2, -0.15) is 0 Å². The Morgan fingerprint density at radius 3 is 2.68 bits per heavy atom. The molecule has 1 unspecified atom stereocenters. The van der Waals surface area contributed by atoms with Crippen molar-refractivity contribution in [3.8, 4) is 16.9 Å². The van der Waals surface area contributed by atoms with Crippen molar-refractivity contribution in [1.82, 2.24) is 4.90 Å². The predicted octanol–water partition coefficient (Wildman–Crippen LogP) is 3.59. The third-order valence-electron chi connectivity index (χ3n) is 4.80. The Labute approximate surface area is 159 Å². The molecule has 0 fully saturated rings. The fraction of sp³-hybridized carbons (Fsp3) is 0.263. The van der Waals surface area contributed by atoms with Crippen LogP contribution < -0.4 is 4.74 Å². The smallest absolute Gasteiger partial charge is 0.410 e. The number of likely N-dealkylation sites (N-methyl/N-ethyl adjacent to an activating group) is 1. The highest BCUT2D eigenvalue weighted by atomic mass is 127. The summed E-state index contributed by atoms with van der Waals surface area (Å²) >= 11 is 2.07. The molecule has 5 nitrogen and oxygen atoms in total. The van der Waals surface area contributed by atoms with Gasteiger partial charge in [0.25, 0.3) is 0 Å². The highest BCUT2D eigenvalue weighted by molar-refractivity contribution is 14.1. The van der Waals surface area contributed by atoms with Crippen LogP contribution in [0.5, 0.6) is 5.75 Å². The minimum absolute atomic E-state index is 0.135. The number of ether oxygens (including phenoxy) is 2. The van der Waals surface area contributed by atoms with Crippen molar-refractivity contribution in [1.29, 1.82) is 0 Å². The van der Waals surface area contributed by atoms with Gasteiger partial charge in [-0.3, -0.25) is 4.90 Å². The van der Waals surface area contributed by atoms with E-state index >= 15 is 0 Å². The average Bonchev–Trinajstić information content (AvgIpc) is 2.94. The second-order valence-electron chi connectivity index (χ2n) is 6.14. The van der Waals surface area contributed by atoms with Gasteiger partial charge in [0.15, 0.2) is 0 Å². The molecular weight excluding hydrogens is 433 g/mol. The monoisotopic (exact) mass is 449 g/mol. The number of hydrogen-bond acceptors (Lipinski definition) is 4. The summed E-state index contributed by atoms with van der Waals surface area (Å²) in [4.78, 5) is 26.3. The number of amides is 1. The summed E-state index contributed by atoms with van der Waals surface area (Å²) in [6, 6.07) is 13.1. The van der Waals surface area contributed by atoms with Crippen LogP contribution in [0.2, 0.25) is 0 Å². The average molecular weight is 449 g/mol. The van der Waals surface area contributed by atoms with Gasteiger partial charge in [-0.15, -0.1) is 0 Å². The van der Waals surface area contributed by atoms with Crippen LogP contribution >= 0.6 is 22.6 Å². The minimum atomic E-state index is -0.677. The molecule has 4 rings (SSSR count). The number of alkyl halides is 1. The van der Waals surface area contributed by atoms with Gasteiger partial charge >= 0.3 is 12.1 Å². The molecule has 2 aromatic carbocycles. The lowest BCUT2D eigenvalue weighted by molar-refractivity contribution is -0.138. The summed E-state index contributed by atoms with van der Waals surface area (Å²) in [7, 11) is 1.56. The van der Waals surface area contributed by atoms with Gasteiger partial charge in [-0.1, -0.05) is 59.0 Å². The normalized spacial score (nSPS) is 21.9. The van der Waals surface area contributed by atoms with Crippen molar-refractivity contribution < 1.29 is 19.1 Å². The molecule has 2 aromatic rings. The maximum atomic E-state index is 12.6. The van der Waals surface area contributed by atoms with E-state index in [-0.39, 0.29) is 12.5 Å². The standard InChI is InChI=1S/C19H16INO4/c1-21-15(9-20)18(22)25-16-8-4-7-13-11-5-2-3-6-12(11)14(17(13)16)10-24-19(21)23/h2-8,14-15H,9-10H2,1H3/t14?,15-/m0/s1. The largest absolute Gasteiger partial charge is 0.448 e. The molecule has 0 saturated carbocycles. The first-order valence-electron chi connectivity index (χ1n) is 8.01. The molecule has 6 heteroatoms. The maximum Gasteiger partial charge on any atom is 0.410 e. The van der Waals surface area contributed by atoms with Crippen LogP contribution in [0.15, 0.2) is 42.5 Å². The molecule has 0 N–H and O–H groups in total. The Morgan fingerprint density at radius 1 is 1.12 bits per heavy atom. The molecule has 2 aliphatic rings. The lowest BCUT2D eigenvalue weighted by atomic mass is 9.97. The number of carbonyl (C=O) groups is 2. The summed E-state index contributed by atoms with van der Waals surface area (Å²) in [6.45, 7) is 0.218. The Balaban J connectivity index is 1.87. The lowest BCUT2D eigenvalue weighted by Gasteiger charge is -2.27. The van der Waals surface area contributed by atoms with E-state index in [1.165, 1.54) is 4.90 Å². The molecule has 25 heavy (non-hydrogen) atoms. The van der Waals surface area contributed by atoms with Gasteiger partial charge in [-0.25, -0.2) is 9.59 Å². The Kier molecular flexibility index (Phi) is 4.15. The van der Waals surface area contributed by atoms with Crippen molar-refractivity contribution in [3.05, 3.63) is 53.6 Å². The van der Waals surface area contributed by atoms with E-state index in [2.05, 4.69) is 22.6 Å². The van der Waals surface area contributed by atoms with Crippen LogP contribution in [0.4, 0.5) is 4.79 Å². The second kappa shape index (κ2) is 6.33. The second-order valence-corrected chi connectivity index (χ2v) is 7.02. The number of hydrogen-bond donors (Lipinski definition) is 0. The first-order chi connectivity index (χ1) is 12.1. The zero-order chi connectivity index (χ0) is 17.6. The fourth-order valence-electron chi connectivity index (χ4n) is 3.49. The Morgan fingerprint density at radius 2 is 1.88 bits per heavy atom. The van der Waals surface area contributed by atoms with Crippen molar-refractivity contribution in [3.63, 3.8) is 0 Å². The predicted molar refractivity (Wildman–Crippen MR) is 101 cm³/mol. The molecule has 2 atom stereocenters. The summed E-state index contributed by atoms with van der Waals surface area (Å²) in [5.41, 5.74) is 4.13. The SMILES string of the molecule is CN1C(=O)OCC2c3ccccc3-c3cccc(c32)OC(=O)[C@@H]1CI. The minimum Gasteiger partial charge on any atom is -0.448 e. The highest BCUT2D eigenvalue weighted by Gasteiger charge is 2.37. The number of nitrogens with zero attached hydrogens (tertiary/aromatic N) is 1. The van der Waals surface area contributed by atoms with Gasteiger partial charge < -0.3 is 9.47 Å². The Hall–Kier alpha value is -2.09. The van der Waals surface area contributed by atoms with Crippen LogP contribution in [-0.4, -0.2) is 41.1 Å². The zero-order valence-corrected chi connectivity index (χ0v) is 15.7. The van der Waals surface area contributed by atoms with Crippen LogP contribution in [0, 0.1) is 0 Å². The molecule has 0 aromatic heterocycles. The number of esters is 1. The van der Waals surface area contributed by atoms with Crippen molar-refractivity contribution in [2.75, 3.05) is 18.1 Å². The summed E-state index contributed by atoms with van der Waals surface area (Å²) < 4.78 is 11.7. The third kappa shape index (κ3) is 2.59. The van der Waals surface area contributed by atoms with E-state index < -0.39 is 18.1 Å². The van der Waals surface area contributed by atoms with Gasteiger partial charge in [0.1, 0.15) is 18.4 Å². The third-order valence-corrected chi connectivity index (χ3v) is 5.63. The topological polar surface area (TPSA) is 55.8 Å². The number of halogens is 1. The lowest BCUT2D eigenvalue weighted by Crippen LogP contribution is -2.46. The van der Waals surface area contributed by atoms with Crippen LogP contribution in [0.1, 0.15) is 17.0 Å². The molecule has 0 bridgehead atoms. The zero-order valence-electron chi connectivity index (χ0n) is 13.6. The molecule has 0 radical (unpaired) electrons. The van der Waals surface area contributed by atoms with E-state index in [1.54, 1.807) is 7.05 Å². The molecule has 1 amide bonds. The summed E-state index contributed by atoms with van der Waals surface area (Å²) in [5.74, 6) is -0.0348. The summed E-state index contributed by atoms with van der Waals surface area (Å²) in [5, 5.41) is 0. The quantitative estimate of drug-likeness (QED) is 0.289. The first-order valence-corrected chi connectivity index (χ1v) is 9.54. The number of benzene rings is 2. The molecule has 128 valence electrons. The number of carbonyl (C=O) groups excluding carboxylic acids is 2. The molecule has 0 saturated heterocycles. The van der Waals surface area contributed by atoms with E-state index in [0.717, 1.165) is 22.3 Å². The number of rotatable bonds is 1. The van der Waals surface area contributed by atoms with Gasteiger partial charge in [0, 0.05) is 23.0 Å². The molecular formula is C19H16INO4. The van der Waals surface area contributed by atoms with Crippen LogP contribution in [-0.2, 0) is 9.53 Å². The molecule has 1 aliphatic carbocycles. The van der Waals surface area contributed by atoms with Crippen LogP contribution in [0.3, 0.4) is 0 Å². The Bertz CT molecular complexity index is 866. The molecule has 1 heterocycles. The molecule has 1 aliphatic heterocycles. The molecule has 0 spiro atoms. The van der Waals surface area contributed by atoms with Gasteiger partial charge in [-0.05, 0) is 22.8 Å². The van der Waals surface area contributed by atoms with Crippen molar-refractivity contribution >= 4 is 34.7 Å². The maximum absolute atomic E-state index is 12.6. The van der Waals surface area contributed by atoms with Gasteiger partial charge in [0.05, 0.1) is 0 Å². The van der Waals surface area contributed by atoms with E-state index in [4.69, 9.17) is 9.47 Å². The van der Waals surface area contributed by atoms with E-state index in [0.29, 0.717) is 10.2 Å². The number of fused-ring (bicyclic) bond motifs is 3. The fourth-order valence-corrected chi connectivity index (χ4v) is 4.44. The first kappa shape index (κ1) is 16.4. The summed E-state index contributed by atoms with van der Waals surface area (Å²) in [6.07, 6.45) is -0.510. The highest BCUT2D eigenvalue weighted by Crippen LogP contribution is 2.49. The van der Waals surface area contributed by atoms with Crippen molar-refractivity contribution in [2.24, 2.45) is 0 Å². The van der Waals surface area contributed by atoms with E-state index in [1.807, 2.05) is 42.5 Å². The van der Waals surface area contributed by atoms with Crippen molar-refractivity contribution in [2.45, 2.75) is 12.0 Å². The van der Waals surface area contributed by atoms with Gasteiger partial charge in [0.2, 0.25) is 0 Å². The number of cyclic esters (lactones) is 1. The van der Waals surface area contributed by atoms with Crippen LogP contribution in [0.25, 0.3) is 11.1 Å². The van der Waals surface area contributed by atoms with E-state index in [9.17, 15) is 9.59 Å².